The molecule has 0 radical (unpaired) electrons. The second kappa shape index (κ2) is 4.46. The molecule has 1 rings (SSSR count). The topological polar surface area (TPSA) is 67.2 Å². The van der Waals surface area contributed by atoms with Crippen LogP contribution in [0.2, 0.25) is 0 Å². The largest absolute Gasteiger partial charge is 0.336 e. The highest BCUT2D eigenvalue weighted by Gasteiger charge is 2.22. The van der Waals surface area contributed by atoms with Crippen LogP contribution < -0.4 is 16.4 Å². The summed E-state index contributed by atoms with van der Waals surface area (Å²) in [4.78, 5) is 11.3. The SMILES string of the molecule is CC(C)NC(=O)N[C@@H]1CC[C@H](N)C1. The molecule has 1 saturated carbocycles. The van der Waals surface area contributed by atoms with Crippen LogP contribution in [0.1, 0.15) is 33.1 Å². The summed E-state index contributed by atoms with van der Waals surface area (Å²) < 4.78 is 0. The van der Waals surface area contributed by atoms with E-state index in [0.29, 0.717) is 0 Å². The maximum Gasteiger partial charge on any atom is 0.315 e. The maximum atomic E-state index is 11.3. The van der Waals surface area contributed by atoms with Gasteiger partial charge in [0, 0.05) is 18.1 Å². The van der Waals surface area contributed by atoms with Gasteiger partial charge in [-0.05, 0) is 33.1 Å². The first-order valence-corrected chi connectivity index (χ1v) is 4.90. The molecular weight excluding hydrogens is 166 g/mol. The van der Waals surface area contributed by atoms with E-state index < -0.39 is 0 Å². The van der Waals surface area contributed by atoms with Gasteiger partial charge in [-0.15, -0.1) is 0 Å². The molecule has 0 spiro atoms. The number of carbonyl (C=O) groups is 1. The van der Waals surface area contributed by atoms with Crippen LogP contribution in [0.25, 0.3) is 0 Å². The van der Waals surface area contributed by atoms with Gasteiger partial charge in [0.25, 0.3) is 0 Å². The van der Waals surface area contributed by atoms with Gasteiger partial charge < -0.3 is 16.4 Å². The number of carbonyl (C=O) groups excluding carboxylic acids is 1. The minimum Gasteiger partial charge on any atom is -0.336 e. The van der Waals surface area contributed by atoms with Gasteiger partial charge in [0.15, 0.2) is 0 Å². The van der Waals surface area contributed by atoms with E-state index in [1.807, 2.05) is 13.8 Å². The minimum atomic E-state index is -0.0749. The van der Waals surface area contributed by atoms with E-state index >= 15 is 0 Å². The zero-order valence-corrected chi connectivity index (χ0v) is 8.34. The van der Waals surface area contributed by atoms with Crippen molar-refractivity contribution in [3.8, 4) is 0 Å². The third-order valence-electron chi connectivity index (χ3n) is 2.23. The van der Waals surface area contributed by atoms with Crippen LogP contribution in [0.5, 0.6) is 0 Å². The number of urea groups is 1. The van der Waals surface area contributed by atoms with Crippen LogP contribution in [-0.4, -0.2) is 24.2 Å². The van der Waals surface area contributed by atoms with Crippen molar-refractivity contribution in [2.45, 2.75) is 51.2 Å². The normalized spacial score (nSPS) is 27.7. The van der Waals surface area contributed by atoms with Crippen molar-refractivity contribution in [1.82, 2.24) is 10.6 Å². The number of nitrogens with one attached hydrogen (secondary N) is 2. The van der Waals surface area contributed by atoms with E-state index in [1.165, 1.54) is 0 Å². The van der Waals surface area contributed by atoms with E-state index in [1.54, 1.807) is 0 Å². The Balaban J connectivity index is 2.21. The molecular formula is C9H19N3O. The number of nitrogens with two attached hydrogens (primary N) is 1. The highest BCUT2D eigenvalue weighted by molar-refractivity contribution is 5.74. The van der Waals surface area contributed by atoms with Crippen molar-refractivity contribution in [3.63, 3.8) is 0 Å². The molecule has 4 N–H and O–H groups in total. The Morgan fingerprint density at radius 2 is 2.15 bits per heavy atom. The number of amides is 2. The quantitative estimate of drug-likeness (QED) is 0.589. The van der Waals surface area contributed by atoms with Crippen LogP contribution in [-0.2, 0) is 0 Å². The van der Waals surface area contributed by atoms with Gasteiger partial charge in [0.2, 0.25) is 0 Å². The molecule has 2 amide bonds. The summed E-state index contributed by atoms with van der Waals surface area (Å²) in [7, 11) is 0. The molecule has 1 aliphatic rings. The summed E-state index contributed by atoms with van der Waals surface area (Å²) in [5, 5.41) is 5.70. The fourth-order valence-electron chi connectivity index (χ4n) is 1.64. The number of hydrogen-bond donors (Lipinski definition) is 3. The van der Waals surface area contributed by atoms with E-state index in [-0.39, 0.29) is 24.2 Å². The van der Waals surface area contributed by atoms with Crippen molar-refractivity contribution in [2.75, 3.05) is 0 Å². The summed E-state index contributed by atoms with van der Waals surface area (Å²) in [5.74, 6) is 0. The zero-order chi connectivity index (χ0) is 9.84. The molecule has 1 aliphatic carbocycles. The van der Waals surface area contributed by atoms with Crippen LogP contribution in [0.4, 0.5) is 4.79 Å². The number of rotatable bonds is 2. The molecule has 2 atom stereocenters. The highest BCUT2D eigenvalue weighted by atomic mass is 16.2. The van der Waals surface area contributed by atoms with Gasteiger partial charge >= 0.3 is 6.03 Å². The summed E-state index contributed by atoms with van der Waals surface area (Å²) >= 11 is 0. The molecule has 13 heavy (non-hydrogen) atoms. The Bertz CT molecular complexity index is 182. The fourth-order valence-corrected chi connectivity index (χ4v) is 1.64. The Morgan fingerprint density at radius 3 is 2.62 bits per heavy atom. The van der Waals surface area contributed by atoms with Gasteiger partial charge in [-0.25, -0.2) is 4.79 Å². The van der Waals surface area contributed by atoms with Gasteiger partial charge in [-0.2, -0.15) is 0 Å². The van der Waals surface area contributed by atoms with E-state index in [9.17, 15) is 4.79 Å². The van der Waals surface area contributed by atoms with Gasteiger partial charge in [0.05, 0.1) is 0 Å². The van der Waals surface area contributed by atoms with Crippen molar-refractivity contribution >= 4 is 6.03 Å². The molecule has 1 fully saturated rings. The van der Waals surface area contributed by atoms with Gasteiger partial charge in [0.1, 0.15) is 0 Å². The van der Waals surface area contributed by atoms with Crippen molar-refractivity contribution < 1.29 is 4.79 Å². The lowest BCUT2D eigenvalue weighted by atomic mass is 10.2. The van der Waals surface area contributed by atoms with Crippen LogP contribution >= 0.6 is 0 Å². The average molecular weight is 185 g/mol. The molecule has 0 unspecified atom stereocenters. The highest BCUT2D eigenvalue weighted by Crippen LogP contribution is 2.16. The zero-order valence-electron chi connectivity index (χ0n) is 8.34. The first kappa shape index (κ1) is 10.3. The molecule has 4 nitrogen and oxygen atoms in total. The summed E-state index contributed by atoms with van der Waals surface area (Å²) in [5.41, 5.74) is 5.73. The molecule has 0 aromatic carbocycles. The monoisotopic (exact) mass is 185 g/mol. The van der Waals surface area contributed by atoms with Crippen molar-refractivity contribution in [2.24, 2.45) is 5.73 Å². The standard InChI is InChI=1S/C9H19N3O/c1-6(2)11-9(13)12-8-4-3-7(10)5-8/h6-8H,3-5,10H2,1-2H3,(H2,11,12,13)/t7-,8+/m0/s1. The third-order valence-corrected chi connectivity index (χ3v) is 2.23. The van der Waals surface area contributed by atoms with Crippen LogP contribution in [0.15, 0.2) is 0 Å². The molecule has 0 bridgehead atoms. The smallest absolute Gasteiger partial charge is 0.315 e. The van der Waals surface area contributed by atoms with Crippen molar-refractivity contribution in [1.29, 1.82) is 0 Å². The predicted octanol–water partition coefficient (Wildman–Crippen LogP) is 0.574. The second-order valence-electron chi connectivity index (χ2n) is 4.04. The lowest BCUT2D eigenvalue weighted by Gasteiger charge is -2.14. The summed E-state index contributed by atoms with van der Waals surface area (Å²) in [6, 6.07) is 0.655. The van der Waals surface area contributed by atoms with Crippen LogP contribution in [0.3, 0.4) is 0 Å². The first-order valence-electron chi connectivity index (χ1n) is 4.90. The second-order valence-corrected chi connectivity index (χ2v) is 4.04. The third kappa shape index (κ3) is 3.63. The fraction of sp³-hybridized carbons (Fsp3) is 0.889. The number of hydrogen-bond acceptors (Lipinski definition) is 2. The lowest BCUT2D eigenvalue weighted by Crippen LogP contribution is -2.44. The molecule has 0 aromatic rings. The Morgan fingerprint density at radius 1 is 1.46 bits per heavy atom. The molecule has 4 heteroatoms. The van der Waals surface area contributed by atoms with Gasteiger partial charge in [-0.1, -0.05) is 0 Å². The van der Waals surface area contributed by atoms with Crippen molar-refractivity contribution in [3.05, 3.63) is 0 Å². The summed E-state index contributed by atoms with van der Waals surface area (Å²) in [6.07, 6.45) is 2.94. The molecule has 0 aliphatic heterocycles. The predicted molar refractivity (Wildman–Crippen MR) is 52.4 cm³/mol. The van der Waals surface area contributed by atoms with Crippen LogP contribution in [0, 0.1) is 0 Å². The Labute approximate surface area is 79.3 Å². The van der Waals surface area contributed by atoms with Gasteiger partial charge in [-0.3, -0.25) is 0 Å². The van der Waals surface area contributed by atoms with E-state index in [2.05, 4.69) is 10.6 Å². The Hall–Kier alpha value is -0.770. The molecule has 0 aromatic heterocycles. The Kier molecular flexibility index (Phi) is 3.54. The maximum absolute atomic E-state index is 11.3. The molecule has 0 heterocycles. The lowest BCUT2D eigenvalue weighted by molar-refractivity contribution is 0.234. The molecule has 0 saturated heterocycles. The first-order chi connectivity index (χ1) is 6.08. The summed E-state index contributed by atoms with van der Waals surface area (Å²) in [6.45, 7) is 3.89. The average Bonchev–Trinajstić information content (AvgIpc) is 2.33. The van der Waals surface area contributed by atoms with E-state index in [4.69, 9.17) is 5.73 Å². The minimum absolute atomic E-state index is 0.0749. The van der Waals surface area contributed by atoms with E-state index in [0.717, 1.165) is 19.3 Å². The molecule has 76 valence electrons.